The Labute approximate surface area is 109 Å². The molecule has 1 aromatic carbocycles. The minimum atomic E-state index is -0.799. The Kier molecular flexibility index (Phi) is 3.59. The highest BCUT2D eigenvalue weighted by atomic mass is 19.1. The van der Waals surface area contributed by atoms with Crippen LogP contribution in [-0.4, -0.2) is 30.7 Å². The first-order chi connectivity index (χ1) is 9.04. The van der Waals surface area contributed by atoms with E-state index >= 15 is 0 Å². The number of benzene rings is 1. The third kappa shape index (κ3) is 2.47. The number of hydrogen-bond acceptors (Lipinski definition) is 3. The number of Topliss-reactive ketones (excluding diaryl/α,β-unsaturated/α-hetero) is 1. The summed E-state index contributed by atoms with van der Waals surface area (Å²) in [5, 5.41) is 2.60. The summed E-state index contributed by atoms with van der Waals surface area (Å²) < 4.78 is 13.2. The molecular formula is C13H13FN2O3. The molecule has 5 nitrogen and oxygen atoms in total. The molecule has 0 bridgehead atoms. The van der Waals surface area contributed by atoms with Gasteiger partial charge in [0.15, 0.2) is 0 Å². The van der Waals surface area contributed by atoms with Crippen molar-refractivity contribution in [1.29, 1.82) is 0 Å². The molecule has 0 aliphatic carbocycles. The van der Waals surface area contributed by atoms with Crippen LogP contribution >= 0.6 is 0 Å². The van der Waals surface area contributed by atoms with Crippen LogP contribution in [0.25, 0.3) is 0 Å². The van der Waals surface area contributed by atoms with Crippen molar-refractivity contribution in [3.63, 3.8) is 0 Å². The Morgan fingerprint density at radius 3 is 2.79 bits per heavy atom. The average molecular weight is 264 g/mol. The molecule has 0 atom stereocenters. The van der Waals surface area contributed by atoms with Crippen molar-refractivity contribution >= 4 is 23.3 Å². The van der Waals surface area contributed by atoms with Gasteiger partial charge in [0.2, 0.25) is 5.91 Å². The lowest BCUT2D eigenvalue weighted by atomic mass is 10.1. The van der Waals surface area contributed by atoms with Gasteiger partial charge in [-0.3, -0.25) is 19.3 Å². The largest absolute Gasteiger partial charge is 0.355 e. The summed E-state index contributed by atoms with van der Waals surface area (Å²) in [6.45, 7) is 2.11. The molecular weight excluding hydrogens is 251 g/mol. The van der Waals surface area contributed by atoms with Gasteiger partial charge in [0.25, 0.3) is 11.7 Å². The molecule has 0 saturated carbocycles. The van der Waals surface area contributed by atoms with Gasteiger partial charge < -0.3 is 5.32 Å². The lowest BCUT2D eigenvalue weighted by Crippen LogP contribution is -2.40. The van der Waals surface area contributed by atoms with Gasteiger partial charge in [-0.1, -0.05) is 6.92 Å². The zero-order valence-corrected chi connectivity index (χ0v) is 10.4. The SMILES string of the molecule is CCCNC(=O)CN1C(=O)C(=O)c2ccc(F)cc21. The number of nitrogens with one attached hydrogen (secondary N) is 1. The Hall–Kier alpha value is -2.24. The second-order valence-corrected chi connectivity index (χ2v) is 4.23. The summed E-state index contributed by atoms with van der Waals surface area (Å²) in [4.78, 5) is 36.0. The van der Waals surface area contributed by atoms with Crippen LogP contribution < -0.4 is 10.2 Å². The monoisotopic (exact) mass is 264 g/mol. The molecule has 0 spiro atoms. The number of carbonyl (C=O) groups excluding carboxylic acids is 3. The van der Waals surface area contributed by atoms with Gasteiger partial charge in [-0.15, -0.1) is 0 Å². The number of rotatable bonds is 4. The van der Waals surface area contributed by atoms with Crippen molar-refractivity contribution in [3.05, 3.63) is 29.6 Å². The van der Waals surface area contributed by atoms with E-state index < -0.39 is 17.5 Å². The zero-order valence-electron chi connectivity index (χ0n) is 10.4. The van der Waals surface area contributed by atoms with Crippen molar-refractivity contribution in [1.82, 2.24) is 5.32 Å². The third-order valence-electron chi connectivity index (χ3n) is 2.81. The molecule has 1 aliphatic heterocycles. The van der Waals surface area contributed by atoms with Crippen LogP contribution in [0.1, 0.15) is 23.7 Å². The first-order valence-electron chi connectivity index (χ1n) is 5.97. The van der Waals surface area contributed by atoms with E-state index in [1.807, 2.05) is 6.92 Å². The highest BCUT2D eigenvalue weighted by Crippen LogP contribution is 2.29. The van der Waals surface area contributed by atoms with Crippen molar-refractivity contribution < 1.29 is 18.8 Å². The lowest BCUT2D eigenvalue weighted by Gasteiger charge is -2.15. The molecule has 19 heavy (non-hydrogen) atoms. The minimum Gasteiger partial charge on any atom is -0.355 e. The molecule has 1 aromatic rings. The van der Waals surface area contributed by atoms with Crippen LogP contribution in [-0.2, 0) is 9.59 Å². The van der Waals surface area contributed by atoms with Crippen LogP contribution in [0.2, 0.25) is 0 Å². The highest BCUT2D eigenvalue weighted by Gasteiger charge is 2.36. The van der Waals surface area contributed by atoms with Crippen LogP contribution in [0.4, 0.5) is 10.1 Å². The first-order valence-corrected chi connectivity index (χ1v) is 5.97. The fourth-order valence-electron chi connectivity index (χ4n) is 1.89. The number of ketones is 1. The van der Waals surface area contributed by atoms with Crippen LogP contribution in [0.15, 0.2) is 18.2 Å². The molecule has 6 heteroatoms. The molecule has 2 rings (SSSR count). The van der Waals surface area contributed by atoms with Gasteiger partial charge in [-0.05, 0) is 24.6 Å². The molecule has 0 aromatic heterocycles. The number of halogens is 1. The predicted molar refractivity (Wildman–Crippen MR) is 66.4 cm³/mol. The smallest absolute Gasteiger partial charge is 0.299 e. The van der Waals surface area contributed by atoms with Crippen molar-refractivity contribution in [2.75, 3.05) is 18.0 Å². The lowest BCUT2D eigenvalue weighted by molar-refractivity contribution is -0.122. The second kappa shape index (κ2) is 5.17. The van der Waals surface area contributed by atoms with E-state index in [0.717, 1.165) is 23.5 Å². The maximum atomic E-state index is 13.2. The standard InChI is InChI=1S/C13H13FN2O3/c1-2-5-15-11(17)7-16-10-6-8(14)3-4-9(10)12(18)13(16)19/h3-4,6H,2,5,7H2,1H3,(H,15,17). The summed E-state index contributed by atoms with van der Waals surface area (Å²) in [7, 11) is 0. The van der Waals surface area contributed by atoms with Crippen LogP contribution in [0.5, 0.6) is 0 Å². The molecule has 0 radical (unpaired) electrons. The molecule has 2 amide bonds. The zero-order chi connectivity index (χ0) is 14.0. The number of nitrogens with zero attached hydrogens (tertiary/aromatic N) is 1. The van der Waals surface area contributed by atoms with E-state index in [1.165, 1.54) is 6.07 Å². The van der Waals surface area contributed by atoms with Crippen molar-refractivity contribution in [2.24, 2.45) is 0 Å². The Morgan fingerprint density at radius 2 is 2.11 bits per heavy atom. The molecule has 0 fully saturated rings. The van der Waals surface area contributed by atoms with Gasteiger partial charge in [0.1, 0.15) is 12.4 Å². The number of amides is 2. The van der Waals surface area contributed by atoms with E-state index in [4.69, 9.17) is 0 Å². The quantitative estimate of drug-likeness (QED) is 0.821. The topological polar surface area (TPSA) is 66.5 Å². The summed E-state index contributed by atoms with van der Waals surface area (Å²) in [5.74, 6) is -2.44. The molecule has 1 heterocycles. The fraction of sp³-hybridized carbons (Fsp3) is 0.308. The molecule has 100 valence electrons. The first kappa shape index (κ1) is 13.2. The summed E-state index contributed by atoms with van der Waals surface area (Å²) >= 11 is 0. The second-order valence-electron chi connectivity index (χ2n) is 4.23. The third-order valence-corrected chi connectivity index (χ3v) is 2.81. The van der Waals surface area contributed by atoms with Gasteiger partial charge in [-0.25, -0.2) is 4.39 Å². The number of carbonyl (C=O) groups is 3. The van der Waals surface area contributed by atoms with E-state index in [0.29, 0.717) is 6.54 Å². The number of hydrogen-bond donors (Lipinski definition) is 1. The maximum Gasteiger partial charge on any atom is 0.299 e. The van der Waals surface area contributed by atoms with Gasteiger partial charge >= 0.3 is 0 Å². The molecule has 1 N–H and O–H groups in total. The molecule has 1 aliphatic rings. The summed E-state index contributed by atoms with van der Waals surface area (Å²) in [6.07, 6.45) is 0.768. The Balaban J connectivity index is 2.23. The van der Waals surface area contributed by atoms with E-state index in [-0.39, 0.29) is 23.7 Å². The highest BCUT2D eigenvalue weighted by molar-refractivity contribution is 6.52. The van der Waals surface area contributed by atoms with Crippen molar-refractivity contribution in [3.8, 4) is 0 Å². The predicted octanol–water partition coefficient (Wildman–Crippen LogP) is 0.881. The van der Waals surface area contributed by atoms with E-state index in [1.54, 1.807) is 0 Å². The van der Waals surface area contributed by atoms with Crippen LogP contribution in [0, 0.1) is 5.82 Å². The van der Waals surface area contributed by atoms with E-state index in [2.05, 4.69) is 5.32 Å². The Morgan fingerprint density at radius 1 is 1.37 bits per heavy atom. The summed E-state index contributed by atoms with van der Waals surface area (Å²) in [6, 6.07) is 3.46. The van der Waals surface area contributed by atoms with Gasteiger partial charge in [0, 0.05) is 6.54 Å². The normalized spacial score (nSPS) is 13.7. The number of anilines is 1. The fourth-order valence-corrected chi connectivity index (χ4v) is 1.89. The average Bonchev–Trinajstić information content (AvgIpc) is 2.61. The summed E-state index contributed by atoms with van der Waals surface area (Å²) in [5.41, 5.74) is 0.288. The van der Waals surface area contributed by atoms with Crippen LogP contribution in [0.3, 0.4) is 0 Å². The molecule has 0 saturated heterocycles. The Bertz CT molecular complexity index is 557. The minimum absolute atomic E-state index is 0.134. The number of fused-ring (bicyclic) bond motifs is 1. The van der Waals surface area contributed by atoms with E-state index in [9.17, 15) is 18.8 Å². The van der Waals surface area contributed by atoms with Crippen molar-refractivity contribution in [2.45, 2.75) is 13.3 Å². The van der Waals surface area contributed by atoms with Gasteiger partial charge in [0.05, 0.1) is 11.3 Å². The van der Waals surface area contributed by atoms with Gasteiger partial charge in [-0.2, -0.15) is 0 Å². The molecule has 0 unspecified atom stereocenters. The maximum absolute atomic E-state index is 13.2.